The number of carbonyl (C=O) groups excluding carboxylic acids is 3. The van der Waals surface area contributed by atoms with Gasteiger partial charge in [-0.1, -0.05) is 32.0 Å². The Balaban J connectivity index is 1.78. The van der Waals surface area contributed by atoms with E-state index in [4.69, 9.17) is 33.7 Å². The number of ether oxygens (including phenoxy) is 4. The van der Waals surface area contributed by atoms with Crippen molar-refractivity contribution < 1.29 is 46.9 Å². The van der Waals surface area contributed by atoms with Crippen molar-refractivity contribution in [1.82, 2.24) is 19.7 Å². The van der Waals surface area contributed by atoms with E-state index in [0.717, 1.165) is 7.11 Å². The first-order valence-corrected chi connectivity index (χ1v) is 15.4. The zero-order chi connectivity index (χ0) is 32.8. The van der Waals surface area contributed by atoms with Gasteiger partial charge in [-0.25, -0.2) is 14.1 Å². The van der Waals surface area contributed by atoms with Crippen LogP contribution in [0.25, 0.3) is 5.52 Å². The number of nitrogens with two attached hydrogens (primary N) is 1. The monoisotopic (exact) mass is 644 g/mol. The number of anilines is 1. The summed E-state index contributed by atoms with van der Waals surface area (Å²) in [4.78, 5) is 41.4. The van der Waals surface area contributed by atoms with Gasteiger partial charge in [-0.2, -0.15) is 15.4 Å². The van der Waals surface area contributed by atoms with E-state index in [1.807, 2.05) is 6.07 Å². The number of fused-ring (bicyclic) bond motifs is 1. The van der Waals surface area contributed by atoms with E-state index in [1.165, 1.54) is 36.8 Å². The van der Waals surface area contributed by atoms with Crippen molar-refractivity contribution in [3.63, 3.8) is 0 Å². The van der Waals surface area contributed by atoms with Crippen LogP contribution in [-0.4, -0.2) is 70.1 Å². The fraction of sp³-hybridized carbons (Fsp3) is 0.429. The summed E-state index contributed by atoms with van der Waals surface area (Å²) < 4.78 is 49.3. The molecule has 1 fully saturated rings. The third-order valence-electron chi connectivity index (χ3n) is 6.81. The third-order valence-corrected chi connectivity index (χ3v) is 8.44. The van der Waals surface area contributed by atoms with Crippen molar-refractivity contribution in [2.45, 2.75) is 63.6 Å². The highest BCUT2D eigenvalue weighted by Gasteiger charge is 2.62. The van der Waals surface area contributed by atoms with Gasteiger partial charge in [0.25, 0.3) is 0 Å². The first kappa shape index (κ1) is 33.3. The highest BCUT2D eigenvalue weighted by molar-refractivity contribution is 7.52. The summed E-state index contributed by atoms with van der Waals surface area (Å²) in [5.74, 6) is -1.94. The number of methoxy groups -OCH3 is 1. The van der Waals surface area contributed by atoms with E-state index in [9.17, 15) is 24.2 Å². The predicted molar refractivity (Wildman–Crippen MR) is 155 cm³/mol. The molecule has 1 aromatic carbocycles. The highest BCUT2D eigenvalue weighted by Crippen LogP contribution is 2.50. The molecular formula is C28H33N6O10P. The van der Waals surface area contributed by atoms with Crippen LogP contribution in [0.15, 0.2) is 48.8 Å². The molecule has 17 heteroatoms. The molecule has 0 aliphatic carbocycles. The summed E-state index contributed by atoms with van der Waals surface area (Å²) in [6.45, 7) is 3.63. The van der Waals surface area contributed by atoms with E-state index in [2.05, 4.69) is 15.2 Å². The fourth-order valence-corrected chi connectivity index (χ4v) is 6.06. The first-order chi connectivity index (χ1) is 21.5. The van der Waals surface area contributed by atoms with Crippen LogP contribution in [0.1, 0.15) is 45.4 Å². The standard InChI is InChI=1S/C28H33N6O10P/c1-5-21(35)41-24-23(19-12-13-20-26(30)31-16-32-34(19)20)43-28(14-29,25(24)42-22(36)6-2)15-40-45(38,33-17(3)27(37)39-4)44-18-10-8-7-9-11-18/h7-13,16-17,23-25H,5-6,15H2,1-4H3,(H,33,38)(H2,30,31,32)/t17-,23-,24-,25-,28+,45-/m0/s1. The van der Waals surface area contributed by atoms with Gasteiger partial charge >= 0.3 is 25.7 Å². The van der Waals surface area contributed by atoms with Crippen LogP contribution >= 0.6 is 7.75 Å². The lowest BCUT2D eigenvalue weighted by molar-refractivity contribution is -0.169. The number of hydrogen-bond acceptors (Lipinski definition) is 14. The van der Waals surface area contributed by atoms with Crippen LogP contribution in [0, 0.1) is 11.3 Å². The van der Waals surface area contributed by atoms with Gasteiger partial charge in [-0.3, -0.25) is 18.9 Å². The molecule has 3 N–H and O–H groups in total. The first-order valence-electron chi connectivity index (χ1n) is 13.9. The SMILES string of the molecule is CCC(=O)O[C@H]1[C@H](c2ccc3c(N)ncnn23)O[C@](C#N)(CO[P@@](=O)(N[C@@H](C)C(=O)OC)Oc2ccccc2)[C@H]1OC(=O)CC. The molecule has 3 aromatic rings. The highest BCUT2D eigenvalue weighted by atomic mass is 31.2. The summed E-state index contributed by atoms with van der Waals surface area (Å²) in [7, 11) is -3.34. The molecule has 240 valence electrons. The normalized spacial score (nSPS) is 23.0. The third kappa shape index (κ3) is 7.23. The molecule has 1 aliphatic rings. The molecule has 1 aliphatic heterocycles. The number of nitrogens with one attached hydrogen (secondary N) is 1. The number of benzene rings is 1. The minimum absolute atomic E-state index is 0.0484. The van der Waals surface area contributed by atoms with E-state index in [-0.39, 0.29) is 30.1 Å². The molecular weight excluding hydrogens is 611 g/mol. The predicted octanol–water partition coefficient (Wildman–Crippen LogP) is 2.64. The lowest BCUT2D eigenvalue weighted by Crippen LogP contribution is -2.49. The van der Waals surface area contributed by atoms with Gasteiger partial charge in [0.2, 0.25) is 5.60 Å². The number of para-hydroxylation sites is 1. The maximum absolute atomic E-state index is 14.1. The maximum atomic E-state index is 14.1. The zero-order valence-electron chi connectivity index (χ0n) is 24.9. The maximum Gasteiger partial charge on any atom is 0.459 e. The van der Waals surface area contributed by atoms with Gasteiger partial charge in [0.05, 0.1) is 12.8 Å². The van der Waals surface area contributed by atoms with Gasteiger partial charge < -0.3 is 29.2 Å². The van der Waals surface area contributed by atoms with Crippen molar-refractivity contribution in [3.8, 4) is 11.8 Å². The van der Waals surface area contributed by atoms with Crippen LogP contribution < -0.4 is 15.3 Å². The molecule has 16 nitrogen and oxygen atoms in total. The Morgan fingerprint density at radius 1 is 1.16 bits per heavy atom. The minimum atomic E-state index is -4.49. The smallest absolute Gasteiger partial charge is 0.459 e. The largest absolute Gasteiger partial charge is 0.468 e. The summed E-state index contributed by atoms with van der Waals surface area (Å²) in [5.41, 5.74) is 4.46. The summed E-state index contributed by atoms with van der Waals surface area (Å²) >= 11 is 0. The molecule has 1 saturated heterocycles. The Hall–Kier alpha value is -4.55. The van der Waals surface area contributed by atoms with Crippen molar-refractivity contribution in [2.75, 3.05) is 19.5 Å². The van der Waals surface area contributed by atoms with Crippen LogP contribution in [0.4, 0.5) is 5.82 Å². The number of nitrogens with zero attached hydrogens (tertiary/aromatic N) is 4. The lowest BCUT2D eigenvalue weighted by atomic mass is 9.95. The van der Waals surface area contributed by atoms with Gasteiger partial charge in [-0.05, 0) is 31.2 Å². The number of nitrogen functional groups attached to an aromatic ring is 1. The number of esters is 3. The van der Waals surface area contributed by atoms with Crippen molar-refractivity contribution in [3.05, 3.63) is 54.5 Å². The molecule has 0 saturated carbocycles. The molecule has 4 rings (SSSR count). The molecule has 0 bridgehead atoms. The molecule has 6 atom stereocenters. The van der Waals surface area contributed by atoms with Crippen molar-refractivity contribution in [2.24, 2.45) is 0 Å². The Labute approximate surface area is 258 Å². The summed E-state index contributed by atoms with van der Waals surface area (Å²) in [5, 5.41) is 17.3. The Bertz CT molecular complexity index is 1630. The quantitative estimate of drug-likeness (QED) is 0.155. The molecule has 2 aromatic heterocycles. The van der Waals surface area contributed by atoms with E-state index in [0.29, 0.717) is 5.52 Å². The van der Waals surface area contributed by atoms with Gasteiger partial charge in [0.15, 0.2) is 18.0 Å². The second-order valence-electron chi connectivity index (χ2n) is 9.86. The van der Waals surface area contributed by atoms with Gasteiger partial charge in [-0.15, -0.1) is 0 Å². The van der Waals surface area contributed by atoms with Gasteiger partial charge in [0.1, 0.15) is 42.4 Å². The van der Waals surface area contributed by atoms with E-state index >= 15 is 0 Å². The molecule has 0 radical (unpaired) electrons. The number of carbonyl (C=O) groups is 3. The van der Waals surface area contributed by atoms with E-state index < -0.39 is 62.2 Å². The van der Waals surface area contributed by atoms with Crippen LogP contribution in [0.2, 0.25) is 0 Å². The topological polar surface area (TPSA) is 216 Å². The second kappa shape index (κ2) is 14.0. The Morgan fingerprint density at radius 2 is 1.84 bits per heavy atom. The molecule has 0 spiro atoms. The molecule has 0 unspecified atom stereocenters. The summed E-state index contributed by atoms with van der Waals surface area (Å²) in [6.07, 6.45) is -3.16. The number of hydrogen-bond donors (Lipinski definition) is 2. The minimum Gasteiger partial charge on any atom is -0.468 e. The number of aromatic nitrogens is 3. The Morgan fingerprint density at radius 3 is 2.49 bits per heavy atom. The second-order valence-corrected chi connectivity index (χ2v) is 11.6. The van der Waals surface area contributed by atoms with Crippen LogP contribution in [0.3, 0.4) is 0 Å². The zero-order valence-corrected chi connectivity index (χ0v) is 25.8. The lowest BCUT2D eigenvalue weighted by Gasteiger charge is -2.30. The molecule has 0 amide bonds. The molecule has 3 heterocycles. The van der Waals surface area contributed by atoms with Crippen LogP contribution in [-0.2, 0) is 42.4 Å². The van der Waals surface area contributed by atoms with Crippen LogP contribution in [0.5, 0.6) is 5.75 Å². The van der Waals surface area contributed by atoms with Gasteiger partial charge in [0, 0.05) is 12.8 Å². The number of rotatable bonds is 13. The summed E-state index contributed by atoms with van der Waals surface area (Å²) in [6, 6.07) is 11.9. The average Bonchev–Trinajstić information content (AvgIpc) is 3.60. The number of nitriles is 1. The van der Waals surface area contributed by atoms with E-state index in [1.54, 1.807) is 37.3 Å². The fourth-order valence-electron chi connectivity index (χ4n) is 4.54. The van der Waals surface area contributed by atoms with Crippen molar-refractivity contribution in [1.29, 1.82) is 5.26 Å². The Kier molecular flexibility index (Phi) is 10.4. The van der Waals surface area contributed by atoms with Crippen molar-refractivity contribution >= 4 is 37.0 Å². The molecule has 45 heavy (non-hydrogen) atoms. The average molecular weight is 645 g/mol.